The highest BCUT2D eigenvalue weighted by Crippen LogP contribution is 2.35. The second-order valence-electron chi connectivity index (χ2n) is 6.61. The van der Waals surface area contributed by atoms with Gasteiger partial charge >= 0.3 is 0 Å². The highest BCUT2D eigenvalue weighted by Gasteiger charge is 2.39. The van der Waals surface area contributed by atoms with Gasteiger partial charge < -0.3 is 21.2 Å². The third-order valence-corrected chi connectivity index (χ3v) is 5.35. The van der Waals surface area contributed by atoms with E-state index in [0.717, 1.165) is 23.2 Å². The number of hydrogen-bond donors (Lipinski definition) is 3. The number of piperidine rings is 1. The second-order valence-corrected chi connectivity index (χ2v) is 7.05. The number of anilines is 3. The molecule has 0 spiro atoms. The molecular weight excluding hydrogens is 350 g/mol. The molecule has 1 heterocycles. The van der Waals surface area contributed by atoms with Gasteiger partial charge in [0.2, 0.25) is 0 Å². The molecule has 0 radical (unpaired) electrons. The maximum atomic E-state index is 12.0. The van der Waals surface area contributed by atoms with Crippen molar-refractivity contribution in [2.75, 3.05) is 28.7 Å². The molecule has 0 bridgehead atoms. The molecule has 0 atom stereocenters. The van der Waals surface area contributed by atoms with Crippen LogP contribution in [0, 0.1) is 0 Å². The van der Waals surface area contributed by atoms with Crippen molar-refractivity contribution in [2.24, 2.45) is 11.6 Å². The minimum Gasteiger partial charge on any atom is -0.398 e. The van der Waals surface area contributed by atoms with Crippen LogP contribution in [0.3, 0.4) is 0 Å². The van der Waals surface area contributed by atoms with Crippen LogP contribution < -0.4 is 27.2 Å². The number of aldehydes is 1. The normalized spacial score (nSPS) is 16.3. The number of nitrogens with zero attached hydrogens (tertiary/aromatic N) is 2. The first-order valence-corrected chi connectivity index (χ1v) is 8.98. The Morgan fingerprint density at radius 1 is 1.19 bits per heavy atom. The van der Waals surface area contributed by atoms with Crippen molar-refractivity contribution in [3.8, 4) is 0 Å². The van der Waals surface area contributed by atoms with E-state index in [-0.39, 0.29) is 0 Å². The molecule has 7 heteroatoms. The highest BCUT2D eigenvalue weighted by atomic mass is 35.5. The fourth-order valence-corrected chi connectivity index (χ4v) is 3.76. The maximum Gasteiger partial charge on any atom is 0.147 e. The van der Waals surface area contributed by atoms with E-state index in [1.165, 1.54) is 0 Å². The standard InChI is InChI=1S/C19H24ClN5O/c20-14-10-17(22)16(12-21)18(11-14)24-8-6-19(13-26,7-9-24)25(23)15-4-2-1-3-5-15/h1-5,10-11,13H,6-9,12,21-23H2. The lowest BCUT2D eigenvalue weighted by Crippen LogP contribution is -2.60. The van der Waals surface area contributed by atoms with Crippen molar-refractivity contribution < 1.29 is 4.79 Å². The summed E-state index contributed by atoms with van der Waals surface area (Å²) in [5.41, 5.74) is 14.4. The molecule has 0 saturated carbocycles. The zero-order valence-corrected chi connectivity index (χ0v) is 15.3. The van der Waals surface area contributed by atoms with Crippen LogP contribution in [-0.2, 0) is 11.3 Å². The quantitative estimate of drug-likeness (QED) is 0.322. The van der Waals surface area contributed by atoms with Crippen LogP contribution in [-0.4, -0.2) is 24.9 Å². The third-order valence-electron chi connectivity index (χ3n) is 5.13. The molecule has 1 aliphatic heterocycles. The molecule has 0 aromatic heterocycles. The summed E-state index contributed by atoms with van der Waals surface area (Å²) in [5.74, 6) is 6.33. The van der Waals surface area contributed by atoms with Gasteiger partial charge in [0.1, 0.15) is 11.8 Å². The number of hydrogen-bond acceptors (Lipinski definition) is 6. The molecule has 6 N–H and O–H groups in total. The SMILES string of the molecule is NCc1c(N)cc(Cl)cc1N1CCC(C=O)(N(N)c2ccccc2)CC1. The Morgan fingerprint density at radius 2 is 1.85 bits per heavy atom. The van der Waals surface area contributed by atoms with E-state index in [1.807, 2.05) is 36.4 Å². The van der Waals surface area contributed by atoms with Gasteiger partial charge in [-0.25, -0.2) is 5.84 Å². The maximum absolute atomic E-state index is 12.0. The summed E-state index contributed by atoms with van der Waals surface area (Å²) >= 11 is 6.18. The van der Waals surface area contributed by atoms with E-state index in [0.29, 0.717) is 43.2 Å². The van der Waals surface area contributed by atoms with Crippen LogP contribution in [0.4, 0.5) is 17.1 Å². The van der Waals surface area contributed by atoms with Crippen molar-refractivity contribution in [2.45, 2.75) is 24.9 Å². The predicted molar refractivity (Wildman–Crippen MR) is 107 cm³/mol. The van der Waals surface area contributed by atoms with Gasteiger partial charge in [0.05, 0.1) is 5.69 Å². The van der Waals surface area contributed by atoms with E-state index in [4.69, 9.17) is 28.9 Å². The predicted octanol–water partition coefficient (Wildman–Crippen LogP) is 2.30. The molecule has 26 heavy (non-hydrogen) atoms. The minimum atomic E-state index is -0.731. The molecule has 138 valence electrons. The van der Waals surface area contributed by atoms with Gasteiger partial charge in [-0.15, -0.1) is 0 Å². The smallest absolute Gasteiger partial charge is 0.147 e. The number of rotatable bonds is 5. The Hall–Kier alpha value is -2.28. The van der Waals surface area contributed by atoms with Crippen molar-refractivity contribution in [1.82, 2.24) is 0 Å². The Labute approximate surface area is 158 Å². The van der Waals surface area contributed by atoms with Gasteiger partial charge in [-0.05, 0) is 37.1 Å². The van der Waals surface area contributed by atoms with Crippen molar-refractivity contribution in [3.63, 3.8) is 0 Å². The number of carbonyl (C=O) groups excluding carboxylic acids is 1. The van der Waals surface area contributed by atoms with Crippen LogP contribution >= 0.6 is 11.6 Å². The van der Waals surface area contributed by atoms with Gasteiger partial charge in [-0.3, -0.25) is 5.01 Å². The topological polar surface area (TPSA) is 102 Å². The lowest BCUT2D eigenvalue weighted by Gasteiger charge is -2.45. The number of halogens is 1. The average Bonchev–Trinajstić information content (AvgIpc) is 2.67. The van der Waals surface area contributed by atoms with Crippen LogP contribution in [0.25, 0.3) is 0 Å². The van der Waals surface area contributed by atoms with Crippen LogP contribution in [0.1, 0.15) is 18.4 Å². The number of benzene rings is 2. The Balaban J connectivity index is 1.83. The number of hydrazine groups is 1. The van der Waals surface area contributed by atoms with Crippen LogP contribution in [0.15, 0.2) is 42.5 Å². The molecule has 3 rings (SSSR count). The van der Waals surface area contributed by atoms with E-state index in [2.05, 4.69) is 4.90 Å². The zero-order chi connectivity index (χ0) is 18.7. The lowest BCUT2D eigenvalue weighted by atomic mass is 9.87. The van der Waals surface area contributed by atoms with Gasteiger partial charge in [0.15, 0.2) is 0 Å². The lowest BCUT2D eigenvalue weighted by molar-refractivity contribution is -0.113. The van der Waals surface area contributed by atoms with Gasteiger partial charge in [0, 0.05) is 41.6 Å². The first-order chi connectivity index (χ1) is 12.5. The minimum absolute atomic E-state index is 0.334. The summed E-state index contributed by atoms with van der Waals surface area (Å²) < 4.78 is 0. The Morgan fingerprint density at radius 3 is 2.42 bits per heavy atom. The van der Waals surface area contributed by atoms with E-state index in [1.54, 1.807) is 11.1 Å². The summed E-state index contributed by atoms with van der Waals surface area (Å²) in [6.07, 6.45) is 2.16. The first-order valence-electron chi connectivity index (χ1n) is 8.60. The highest BCUT2D eigenvalue weighted by molar-refractivity contribution is 6.31. The zero-order valence-electron chi connectivity index (χ0n) is 14.6. The summed E-state index contributed by atoms with van der Waals surface area (Å²) in [5, 5.41) is 2.17. The third kappa shape index (κ3) is 3.35. The molecule has 0 aliphatic carbocycles. The second kappa shape index (κ2) is 7.53. The molecular formula is C19H24ClN5O. The molecule has 1 fully saturated rings. The Bertz CT molecular complexity index is 775. The fraction of sp³-hybridized carbons (Fsp3) is 0.316. The molecule has 0 unspecified atom stereocenters. The summed E-state index contributed by atoms with van der Waals surface area (Å²) in [4.78, 5) is 14.1. The largest absolute Gasteiger partial charge is 0.398 e. The van der Waals surface area contributed by atoms with Crippen LogP contribution in [0.2, 0.25) is 5.02 Å². The summed E-state index contributed by atoms with van der Waals surface area (Å²) in [6.45, 7) is 1.65. The van der Waals surface area contributed by atoms with E-state index < -0.39 is 5.54 Å². The number of carbonyl (C=O) groups is 1. The fourth-order valence-electron chi connectivity index (χ4n) is 3.54. The summed E-state index contributed by atoms with van der Waals surface area (Å²) in [6, 6.07) is 13.1. The van der Waals surface area contributed by atoms with Crippen molar-refractivity contribution in [3.05, 3.63) is 53.1 Å². The molecule has 2 aromatic carbocycles. The van der Waals surface area contributed by atoms with Crippen molar-refractivity contribution in [1.29, 1.82) is 0 Å². The molecule has 1 saturated heterocycles. The number of para-hydroxylation sites is 1. The van der Waals surface area contributed by atoms with E-state index >= 15 is 0 Å². The number of nitrogen functional groups attached to an aromatic ring is 1. The Kier molecular flexibility index (Phi) is 5.36. The van der Waals surface area contributed by atoms with Gasteiger partial charge in [0.25, 0.3) is 0 Å². The molecule has 2 aromatic rings. The van der Waals surface area contributed by atoms with Crippen molar-refractivity contribution >= 4 is 34.9 Å². The average molecular weight is 374 g/mol. The van der Waals surface area contributed by atoms with Gasteiger partial charge in [-0.1, -0.05) is 29.8 Å². The first kappa shape index (κ1) is 18.5. The molecule has 0 amide bonds. The monoisotopic (exact) mass is 373 g/mol. The summed E-state index contributed by atoms with van der Waals surface area (Å²) in [7, 11) is 0. The number of nitrogens with two attached hydrogens (primary N) is 3. The molecule has 1 aliphatic rings. The van der Waals surface area contributed by atoms with Crippen LogP contribution in [0.5, 0.6) is 0 Å². The molecule has 6 nitrogen and oxygen atoms in total. The van der Waals surface area contributed by atoms with Gasteiger partial charge in [-0.2, -0.15) is 0 Å². The van der Waals surface area contributed by atoms with E-state index in [9.17, 15) is 4.79 Å².